The molecule has 0 saturated heterocycles. The molecule has 0 fully saturated rings. The first-order chi connectivity index (χ1) is 14.2. The number of hydrogen-bond donors (Lipinski definition) is 0. The van der Waals surface area contributed by atoms with Crippen LogP contribution in [0.4, 0.5) is 0 Å². The average Bonchev–Trinajstić information content (AvgIpc) is 3.18. The van der Waals surface area contributed by atoms with Gasteiger partial charge in [0.15, 0.2) is 5.65 Å². The summed E-state index contributed by atoms with van der Waals surface area (Å²) in [7, 11) is 0. The zero-order chi connectivity index (χ0) is 19.8. The van der Waals surface area contributed by atoms with E-state index in [1.807, 2.05) is 42.5 Å². The van der Waals surface area contributed by atoms with E-state index in [9.17, 15) is 4.79 Å². The second-order valence-corrected chi connectivity index (χ2v) is 8.14. The first-order valence-electron chi connectivity index (χ1n) is 8.74. The molecule has 0 saturated carbocycles. The van der Waals surface area contributed by atoms with Gasteiger partial charge >= 0.3 is 0 Å². The Bertz CT molecular complexity index is 1400. The number of nitrogens with zero attached hydrogens (tertiary/aromatic N) is 6. The Labute approximate surface area is 177 Å². The van der Waals surface area contributed by atoms with Crippen LogP contribution in [-0.2, 0) is 5.75 Å². The van der Waals surface area contributed by atoms with Gasteiger partial charge in [0.05, 0.1) is 23.0 Å². The first kappa shape index (κ1) is 18.0. The van der Waals surface area contributed by atoms with Crippen LogP contribution in [0.2, 0.25) is 0 Å². The lowest BCUT2D eigenvalue weighted by Crippen LogP contribution is -2.15. The SMILES string of the molecule is O=c1cc(CSc2ncnc3c2cnn3-c2ccccc2)nc2ccc(Br)cn12. The quantitative estimate of drug-likeness (QED) is 0.296. The smallest absolute Gasteiger partial charge is 0.258 e. The van der Waals surface area contributed by atoms with E-state index in [1.165, 1.54) is 22.5 Å². The molecular weight excluding hydrogens is 452 g/mol. The zero-order valence-electron chi connectivity index (χ0n) is 14.9. The van der Waals surface area contributed by atoms with Crippen LogP contribution in [0.1, 0.15) is 5.69 Å². The van der Waals surface area contributed by atoms with E-state index in [-0.39, 0.29) is 5.56 Å². The minimum Gasteiger partial charge on any atom is -0.269 e. The standard InChI is InChI=1S/C20H13BrN6OS/c21-13-6-7-17-25-14(8-18(28)26(17)10-13)11-29-20-16-9-24-27(19(16)22-12-23-20)15-4-2-1-3-5-15/h1-10,12H,11H2. The predicted octanol–water partition coefficient (Wildman–Crippen LogP) is 3.88. The number of pyridine rings is 1. The average molecular weight is 465 g/mol. The van der Waals surface area contributed by atoms with E-state index in [2.05, 4.69) is 36.0 Å². The number of fused-ring (bicyclic) bond motifs is 2. The Morgan fingerprint density at radius 1 is 1.07 bits per heavy atom. The number of para-hydroxylation sites is 1. The second-order valence-electron chi connectivity index (χ2n) is 6.26. The highest BCUT2D eigenvalue weighted by atomic mass is 79.9. The summed E-state index contributed by atoms with van der Waals surface area (Å²) in [4.78, 5) is 25.8. The molecule has 0 N–H and O–H groups in total. The lowest BCUT2D eigenvalue weighted by molar-refractivity contribution is 0.893. The molecular formula is C20H13BrN6OS. The Morgan fingerprint density at radius 2 is 1.93 bits per heavy atom. The van der Waals surface area contributed by atoms with Gasteiger partial charge in [0.1, 0.15) is 17.0 Å². The highest BCUT2D eigenvalue weighted by Gasteiger charge is 2.12. The molecule has 9 heteroatoms. The van der Waals surface area contributed by atoms with Crippen LogP contribution in [-0.4, -0.2) is 29.1 Å². The zero-order valence-corrected chi connectivity index (χ0v) is 17.3. The van der Waals surface area contributed by atoms with Crippen LogP contribution in [0.25, 0.3) is 22.4 Å². The maximum Gasteiger partial charge on any atom is 0.258 e. The molecule has 0 atom stereocenters. The fraction of sp³-hybridized carbons (Fsp3) is 0.0500. The van der Waals surface area contributed by atoms with Crippen molar-refractivity contribution in [2.45, 2.75) is 10.8 Å². The molecule has 4 aromatic heterocycles. The van der Waals surface area contributed by atoms with Gasteiger partial charge in [-0.1, -0.05) is 30.0 Å². The summed E-state index contributed by atoms with van der Waals surface area (Å²) in [6.45, 7) is 0. The van der Waals surface area contributed by atoms with Crippen molar-refractivity contribution in [2.24, 2.45) is 0 Å². The summed E-state index contributed by atoms with van der Waals surface area (Å²) in [6, 6.07) is 15.1. The number of hydrogen-bond acceptors (Lipinski definition) is 6. The van der Waals surface area contributed by atoms with E-state index in [0.717, 1.165) is 26.2 Å². The van der Waals surface area contributed by atoms with Crippen LogP contribution in [0.3, 0.4) is 0 Å². The molecule has 0 aliphatic rings. The number of thioether (sulfide) groups is 1. The minimum absolute atomic E-state index is 0.114. The highest BCUT2D eigenvalue weighted by Crippen LogP contribution is 2.27. The molecule has 0 spiro atoms. The normalized spacial score (nSPS) is 11.3. The van der Waals surface area contributed by atoms with Gasteiger partial charge in [0.2, 0.25) is 0 Å². The lowest BCUT2D eigenvalue weighted by Gasteiger charge is -2.05. The summed E-state index contributed by atoms with van der Waals surface area (Å²) in [5.74, 6) is 0.518. The summed E-state index contributed by atoms with van der Waals surface area (Å²) >= 11 is 4.88. The van der Waals surface area contributed by atoms with Gasteiger partial charge in [-0.05, 0) is 40.2 Å². The third kappa shape index (κ3) is 3.43. The molecule has 5 aromatic rings. The van der Waals surface area contributed by atoms with Gasteiger partial charge in [-0.25, -0.2) is 19.6 Å². The third-order valence-corrected chi connectivity index (χ3v) is 5.87. The van der Waals surface area contributed by atoms with Crippen molar-refractivity contribution < 1.29 is 0 Å². The molecule has 29 heavy (non-hydrogen) atoms. The minimum atomic E-state index is -0.114. The van der Waals surface area contributed by atoms with Crippen molar-refractivity contribution in [2.75, 3.05) is 0 Å². The number of rotatable bonds is 4. The Kier molecular flexibility index (Phi) is 4.61. The Hall–Kier alpha value is -3.04. The molecule has 0 amide bonds. The molecule has 0 unspecified atom stereocenters. The van der Waals surface area contributed by atoms with Gasteiger partial charge in [-0.15, -0.1) is 0 Å². The van der Waals surface area contributed by atoms with Crippen LogP contribution < -0.4 is 5.56 Å². The third-order valence-electron chi connectivity index (χ3n) is 4.36. The van der Waals surface area contributed by atoms with E-state index in [1.54, 1.807) is 23.1 Å². The maximum atomic E-state index is 12.4. The number of aromatic nitrogens is 6. The molecule has 5 rings (SSSR count). The topological polar surface area (TPSA) is 78.0 Å². The fourth-order valence-electron chi connectivity index (χ4n) is 3.04. The maximum absolute atomic E-state index is 12.4. The molecule has 142 valence electrons. The van der Waals surface area contributed by atoms with Gasteiger partial charge in [0, 0.05) is 22.5 Å². The summed E-state index contributed by atoms with van der Waals surface area (Å²) in [5.41, 5.74) is 2.87. The van der Waals surface area contributed by atoms with Crippen molar-refractivity contribution in [3.8, 4) is 5.69 Å². The summed E-state index contributed by atoms with van der Waals surface area (Å²) < 4.78 is 4.14. The second kappa shape index (κ2) is 7.41. The number of benzene rings is 1. The van der Waals surface area contributed by atoms with Crippen LogP contribution in [0.15, 0.2) is 81.5 Å². The molecule has 0 radical (unpaired) electrons. The van der Waals surface area contributed by atoms with Gasteiger partial charge in [0.25, 0.3) is 5.56 Å². The lowest BCUT2D eigenvalue weighted by atomic mass is 10.3. The number of halogens is 1. The van der Waals surface area contributed by atoms with Crippen molar-refractivity contribution >= 4 is 44.4 Å². The van der Waals surface area contributed by atoms with Gasteiger partial charge in [-0.3, -0.25) is 9.20 Å². The van der Waals surface area contributed by atoms with E-state index in [0.29, 0.717) is 17.1 Å². The molecule has 0 aliphatic heterocycles. The van der Waals surface area contributed by atoms with Crippen molar-refractivity contribution in [3.05, 3.63) is 87.8 Å². The predicted molar refractivity (Wildman–Crippen MR) is 115 cm³/mol. The fourth-order valence-corrected chi connectivity index (χ4v) is 4.23. The van der Waals surface area contributed by atoms with Crippen molar-refractivity contribution in [1.29, 1.82) is 0 Å². The molecule has 7 nitrogen and oxygen atoms in total. The monoisotopic (exact) mass is 464 g/mol. The molecule has 0 aliphatic carbocycles. The molecule has 4 heterocycles. The summed E-state index contributed by atoms with van der Waals surface area (Å²) in [6.07, 6.45) is 5.02. The van der Waals surface area contributed by atoms with E-state index < -0.39 is 0 Å². The Morgan fingerprint density at radius 3 is 2.79 bits per heavy atom. The largest absolute Gasteiger partial charge is 0.269 e. The highest BCUT2D eigenvalue weighted by molar-refractivity contribution is 9.10. The van der Waals surface area contributed by atoms with E-state index >= 15 is 0 Å². The van der Waals surface area contributed by atoms with Gasteiger partial charge in [-0.2, -0.15) is 5.10 Å². The molecule has 0 bridgehead atoms. The van der Waals surface area contributed by atoms with E-state index in [4.69, 9.17) is 0 Å². The van der Waals surface area contributed by atoms with Crippen molar-refractivity contribution in [3.63, 3.8) is 0 Å². The van der Waals surface area contributed by atoms with Crippen molar-refractivity contribution in [1.82, 2.24) is 29.1 Å². The van der Waals surface area contributed by atoms with Gasteiger partial charge < -0.3 is 0 Å². The van der Waals surface area contributed by atoms with Crippen LogP contribution in [0, 0.1) is 0 Å². The summed E-state index contributed by atoms with van der Waals surface area (Å²) in [5, 5.41) is 6.14. The van der Waals surface area contributed by atoms with Crippen LogP contribution in [0.5, 0.6) is 0 Å². The first-order valence-corrected chi connectivity index (χ1v) is 10.5. The molecule has 1 aromatic carbocycles. The Balaban J connectivity index is 1.47. The van der Waals surface area contributed by atoms with Crippen LogP contribution >= 0.6 is 27.7 Å².